The standard InChI is InChI=1S/C13H23BrN4/c1-11(6-5-7-15-2)13-12(14)10-16-18(13)9-8-17(3)4/h6,10,15H,5,7-9H2,1-4H3/b11-6-. The summed E-state index contributed by atoms with van der Waals surface area (Å²) in [6.07, 6.45) is 5.17. The van der Waals surface area contributed by atoms with Gasteiger partial charge in [0, 0.05) is 6.54 Å². The van der Waals surface area contributed by atoms with Crippen molar-refractivity contribution in [3.8, 4) is 0 Å². The van der Waals surface area contributed by atoms with E-state index < -0.39 is 0 Å². The Bertz CT molecular complexity index is 396. The number of nitrogens with one attached hydrogen (secondary N) is 1. The molecule has 0 saturated heterocycles. The second-order valence-electron chi connectivity index (χ2n) is 4.65. The lowest BCUT2D eigenvalue weighted by Gasteiger charge is -2.12. The van der Waals surface area contributed by atoms with Crippen LogP contribution < -0.4 is 5.32 Å². The summed E-state index contributed by atoms with van der Waals surface area (Å²) >= 11 is 3.58. The first-order chi connectivity index (χ1) is 8.56. The van der Waals surface area contributed by atoms with Crippen LogP contribution in [0.15, 0.2) is 16.7 Å². The van der Waals surface area contributed by atoms with Crippen molar-refractivity contribution in [2.45, 2.75) is 19.9 Å². The van der Waals surface area contributed by atoms with Crippen LogP contribution in [0.25, 0.3) is 5.57 Å². The summed E-state index contributed by atoms with van der Waals surface area (Å²) in [6.45, 7) is 5.04. The van der Waals surface area contributed by atoms with E-state index in [1.807, 2.05) is 13.2 Å². The van der Waals surface area contributed by atoms with Gasteiger partial charge in [-0.2, -0.15) is 5.10 Å². The van der Waals surface area contributed by atoms with Crippen molar-refractivity contribution < 1.29 is 0 Å². The Balaban J connectivity index is 2.79. The minimum Gasteiger partial charge on any atom is -0.319 e. The number of halogens is 1. The number of hydrogen-bond acceptors (Lipinski definition) is 3. The minimum absolute atomic E-state index is 0.908. The zero-order valence-corrected chi connectivity index (χ0v) is 13.3. The Morgan fingerprint density at radius 2 is 2.28 bits per heavy atom. The number of rotatable bonds is 7. The number of nitrogens with zero attached hydrogens (tertiary/aromatic N) is 3. The topological polar surface area (TPSA) is 33.1 Å². The average molecular weight is 315 g/mol. The van der Waals surface area contributed by atoms with Crippen LogP contribution in [0.1, 0.15) is 19.0 Å². The summed E-state index contributed by atoms with van der Waals surface area (Å²) in [7, 11) is 6.13. The van der Waals surface area contributed by atoms with E-state index in [2.05, 4.69) is 63.0 Å². The normalized spacial score (nSPS) is 12.4. The third-order valence-corrected chi connectivity index (χ3v) is 3.35. The number of hydrogen-bond donors (Lipinski definition) is 1. The fraction of sp³-hybridized carbons (Fsp3) is 0.615. The highest BCUT2D eigenvalue weighted by Gasteiger charge is 2.10. The number of likely N-dealkylation sites (N-methyl/N-ethyl adjacent to an activating group) is 1. The molecule has 1 rings (SSSR count). The van der Waals surface area contributed by atoms with Crippen molar-refractivity contribution in [3.63, 3.8) is 0 Å². The predicted molar refractivity (Wildman–Crippen MR) is 80.7 cm³/mol. The van der Waals surface area contributed by atoms with Gasteiger partial charge in [-0.3, -0.25) is 4.68 Å². The van der Waals surface area contributed by atoms with Crippen molar-refractivity contribution in [3.05, 3.63) is 22.4 Å². The van der Waals surface area contributed by atoms with E-state index in [1.165, 1.54) is 11.3 Å². The molecule has 0 atom stereocenters. The van der Waals surface area contributed by atoms with E-state index in [0.717, 1.165) is 30.5 Å². The summed E-state index contributed by atoms with van der Waals surface area (Å²) in [6, 6.07) is 0. The van der Waals surface area contributed by atoms with Crippen LogP contribution in [0.4, 0.5) is 0 Å². The SMILES string of the molecule is CNCC/C=C(/C)c1c(Br)cnn1CCN(C)C. The van der Waals surface area contributed by atoms with Gasteiger partial charge in [-0.15, -0.1) is 0 Å². The van der Waals surface area contributed by atoms with E-state index in [9.17, 15) is 0 Å². The predicted octanol–water partition coefficient (Wildman–Crippen LogP) is 2.22. The summed E-state index contributed by atoms with van der Waals surface area (Å²) < 4.78 is 3.13. The maximum Gasteiger partial charge on any atom is 0.0778 e. The molecule has 0 aromatic carbocycles. The Hall–Kier alpha value is -0.650. The van der Waals surface area contributed by atoms with Gasteiger partial charge in [-0.05, 0) is 62.5 Å². The third-order valence-electron chi connectivity index (χ3n) is 2.77. The molecular formula is C13H23BrN4. The van der Waals surface area contributed by atoms with Crippen molar-refractivity contribution >= 4 is 21.5 Å². The van der Waals surface area contributed by atoms with Crippen molar-refractivity contribution in [2.75, 3.05) is 34.2 Å². The van der Waals surface area contributed by atoms with Crippen LogP contribution in [-0.4, -0.2) is 48.9 Å². The Morgan fingerprint density at radius 3 is 2.89 bits per heavy atom. The fourth-order valence-electron chi connectivity index (χ4n) is 1.75. The molecule has 0 unspecified atom stereocenters. The first kappa shape index (κ1) is 15.4. The molecule has 0 aliphatic carbocycles. The molecule has 1 aromatic heterocycles. The smallest absolute Gasteiger partial charge is 0.0778 e. The monoisotopic (exact) mass is 314 g/mol. The maximum absolute atomic E-state index is 4.42. The van der Waals surface area contributed by atoms with Crippen LogP contribution in [0.3, 0.4) is 0 Å². The lowest BCUT2D eigenvalue weighted by atomic mass is 10.2. The quantitative estimate of drug-likeness (QED) is 0.783. The molecule has 0 fully saturated rings. The van der Waals surface area contributed by atoms with Gasteiger partial charge in [0.25, 0.3) is 0 Å². The van der Waals surface area contributed by atoms with Gasteiger partial charge in [0.1, 0.15) is 0 Å². The minimum atomic E-state index is 0.908. The molecular weight excluding hydrogens is 292 g/mol. The van der Waals surface area contributed by atoms with Crippen LogP contribution in [-0.2, 0) is 6.54 Å². The average Bonchev–Trinajstić information content (AvgIpc) is 2.68. The maximum atomic E-state index is 4.42. The molecule has 0 saturated carbocycles. The van der Waals surface area contributed by atoms with Crippen molar-refractivity contribution in [2.24, 2.45) is 0 Å². The molecule has 0 bridgehead atoms. The van der Waals surface area contributed by atoms with Gasteiger partial charge in [0.15, 0.2) is 0 Å². The van der Waals surface area contributed by atoms with E-state index in [-0.39, 0.29) is 0 Å². The van der Waals surface area contributed by atoms with Crippen molar-refractivity contribution in [1.29, 1.82) is 0 Å². The third kappa shape index (κ3) is 4.55. The Morgan fingerprint density at radius 1 is 1.56 bits per heavy atom. The summed E-state index contributed by atoms with van der Waals surface area (Å²) in [4.78, 5) is 2.17. The summed E-state index contributed by atoms with van der Waals surface area (Å²) in [5.74, 6) is 0. The van der Waals surface area contributed by atoms with Crippen LogP contribution in [0, 0.1) is 0 Å². The van der Waals surface area contributed by atoms with Crippen LogP contribution >= 0.6 is 15.9 Å². The van der Waals surface area contributed by atoms with Crippen LogP contribution in [0.2, 0.25) is 0 Å². The van der Waals surface area contributed by atoms with Crippen molar-refractivity contribution in [1.82, 2.24) is 20.0 Å². The summed E-state index contributed by atoms with van der Waals surface area (Å²) in [5, 5.41) is 7.58. The van der Waals surface area contributed by atoms with E-state index in [4.69, 9.17) is 0 Å². The highest BCUT2D eigenvalue weighted by Crippen LogP contribution is 2.24. The second-order valence-corrected chi connectivity index (χ2v) is 5.50. The molecule has 0 spiro atoms. The molecule has 1 aromatic rings. The fourth-order valence-corrected chi connectivity index (χ4v) is 2.36. The summed E-state index contributed by atoms with van der Waals surface area (Å²) in [5.41, 5.74) is 2.46. The lowest BCUT2D eigenvalue weighted by molar-refractivity contribution is 0.372. The molecule has 5 heteroatoms. The van der Waals surface area contributed by atoms with Gasteiger partial charge >= 0.3 is 0 Å². The van der Waals surface area contributed by atoms with Gasteiger partial charge in [-0.1, -0.05) is 6.08 Å². The molecule has 0 amide bonds. The van der Waals surface area contributed by atoms with E-state index in [0.29, 0.717) is 0 Å². The van der Waals surface area contributed by atoms with Gasteiger partial charge in [-0.25, -0.2) is 0 Å². The highest BCUT2D eigenvalue weighted by molar-refractivity contribution is 9.10. The largest absolute Gasteiger partial charge is 0.319 e. The molecule has 18 heavy (non-hydrogen) atoms. The first-order valence-electron chi connectivity index (χ1n) is 6.24. The highest BCUT2D eigenvalue weighted by atomic mass is 79.9. The van der Waals surface area contributed by atoms with Gasteiger partial charge < -0.3 is 10.2 Å². The Kier molecular flexibility index (Phi) is 6.60. The molecule has 102 valence electrons. The zero-order chi connectivity index (χ0) is 13.5. The van der Waals surface area contributed by atoms with E-state index in [1.54, 1.807) is 0 Å². The molecule has 4 nitrogen and oxygen atoms in total. The molecule has 1 N–H and O–H groups in total. The molecule has 0 radical (unpaired) electrons. The molecule has 0 aliphatic heterocycles. The van der Waals surface area contributed by atoms with Gasteiger partial charge in [0.05, 0.1) is 22.9 Å². The van der Waals surface area contributed by atoms with Gasteiger partial charge in [0.2, 0.25) is 0 Å². The van der Waals surface area contributed by atoms with E-state index >= 15 is 0 Å². The number of aromatic nitrogens is 2. The molecule has 1 heterocycles. The lowest BCUT2D eigenvalue weighted by Crippen LogP contribution is -2.20. The second kappa shape index (κ2) is 7.71. The zero-order valence-electron chi connectivity index (χ0n) is 11.7. The van der Waals surface area contributed by atoms with Crippen LogP contribution in [0.5, 0.6) is 0 Å². The Labute approximate surface area is 118 Å². The number of allylic oxidation sites excluding steroid dienone is 1. The first-order valence-corrected chi connectivity index (χ1v) is 7.03. The molecule has 0 aliphatic rings.